The van der Waals surface area contributed by atoms with Crippen LogP contribution in [0.5, 0.6) is 0 Å². The van der Waals surface area contributed by atoms with Crippen molar-refractivity contribution >= 4 is 51.9 Å². The zero-order valence-electron chi connectivity index (χ0n) is 16.1. The first-order chi connectivity index (χ1) is 14.8. The molecule has 1 fully saturated rings. The summed E-state index contributed by atoms with van der Waals surface area (Å²) < 4.78 is -0.684. The van der Waals surface area contributed by atoms with E-state index in [1.54, 1.807) is 23.5 Å². The van der Waals surface area contributed by atoms with E-state index in [2.05, 4.69) is 18.2 Å². The SMILES string of the molecule is O=C1CS[C@@]2(SC(/C=C/c3ccccc3)=NN2c2ccccc2)N1c1ccccc1. The van der Waals surface area contributed by atoms with Crippen LogP contribution in [0.15, 0.2) is 102 Å². The van der Waals surface area contributed by atoms with E-state index in [0.29, 0.717) is 5.75 Å². The molecule has 2 aliphatic heterocycles. The highest BCUT2D eigenvalue weighted by Crippen LogP contribution is 2.55. The van der Waals surface area contributed by atoms with Crippen molar-refractivity contribution in [3.8, 4) is 0 Å². The molecule has 1 spiro atoms. The van der Waals surface area contributed by atoms with Crippen molar-refractivity contribution < 1.29 is 4.79 Å². The van der Waals surface area contributed by atoms with Gasteiger partial charge in [-0.05, 0) is 47.7 Å². The normalized spacial score (nSPS) is 21.1. The number of carbonyl (C=O) groups excluding carboxylic acids is 1. The summed E-state index contributed by atoms with van der Waals surface area (Å²) in [6.45, 7) is 0. The first-order valence-electron chi connectivity index (χ1n) is 9.64. The maximum Gasteiger partial charge on any atom is 0.243 e. The summed E-state index contributed by atoms with van der Waals surface area (Å²) in [6, 6.07) is 30.0. The molecule has 1 amide bonds. The summed E-state index contributed by atoms with van der Waals surface area (Å²) in [5.41, 5.74) is 2.95. The second-order valence-electron chi connectivity index (χ2n) is 6.83. The lowest BCUT2D eigenvalue weighted by Crippen LogP contribution is -2.51. The lowest BCUT2D eigenvalue weighted by Gasteiger charge is -2.39. The Hall–Kier alpha value is -2.96. The van der Waals surface area contributed by atoms with Gasteiger partial charge in [0.15, 0.2) is 0 Å². The quantitative estimate of drug-likeness (QED) is 0.536. The van der Waals surface area contributed by atoms with E-state index < -0.39 is 4.33 Å². The lowest BCUT2D eigenvalue weighted by atomic mass is 10.2. The average Bonchev–Trinajstić information content (AvgIpc) is 3.34. The van der Waals surface area contributed by atoms with Crippen LogP contribution in [-0.4, -0.2) is 21.0 Å². The Balaban J connectivity index is 1.57. The fourth-order valence-electron chi connectivity index (χ4n) is 3.51. The summed E-state index contributed by atoms with van der Waals surface area (Å²) in [7, 11) is 0. The molecule has 0 bridgehead atoms. The molecule has 6 heteroatoms. The Morgan fingerprint density at radius 3 is 2.07 bits per heavy atom. The van der Waals surface area contributed by atoms with Gasteiger partial charge in [0, 0.05) is 5.69 Å². The molecular weight excluding hydrogens is 410 g/mol. The maximum atomic E-state index is 13.0. The number of para-hydroxylation sites is 2. The van der Waals surface area contributed by atoms with Gasteiger partial charge in [-0.15, -0.1) is 0 Å². The van der Waals surface area contributed by atoms with Crippen LogP contribution < -0.4 is 9.91 Å². The Kier molecular flexibility index (Phi) is 5.11. The molecule has 0 aliphatic carbocycles. The molecule has 0 N–H and O–H groups in total. The van der Waals surface area contributed by atoms with Gasteiger partial charge in [0.25, 0.3) is 0 Å². The summed E-state index contributed by atoms with van der Waals surface area (Å²) in [5.74, 6) is 0.499. The smallest absolute Gasteiger partial charge is 0.243 e. The second-order valence-corrected chi connectivity index (χ2v) is 9.43. The molecule has 0 aromatic heterocycles. The molecule has 0 unspecified atom stereocenters. The highest BCUT2D eigenvalue weighted by atomic mass is 32.2. The van der Waals surface area contributed by atoms with Crippen LogP contribution in [0.4, 0.5) is 11.4 Å². The standard InChI is InChI=1S/C24H19N3OS2/c28-23-18-29-24(26(23)20-12-6-2-7-13-20)27(21-14-8-3-9-15-21)25-22(30-24)17-16-19-10-4-1-5-11-19/h1-17H,18H2/b17-16+/t24-/m1/s1. The minimum Gasteiger partial charge on any atom is -0.273 e. The first kappa shape index (κ1) is 19.0. The third-order valence-electron chi connectivity index (χ3n) is 4.85. The van der Waals surface area contributed by atoms with Crippen molar-refractivity contribution in [2.75, 3.05) is 15.7 Å². The number of carbonyl (C=O) groups is 1. The van der Waals surface area contributed by atoms with Gasteiger partial charge in [0.2, 0.25) is 10.2 Å². The number of anilines is 2. The van der Waals surface area contributed by atoms with Crippen LogP contribution in [0, 0.1) is 0 Å². The Bertz CT molecular complexity index is 1100. The number of nitrogens with zero attached hydrogens (tertiary/aromatic N) is 3. The summed E-state index contributed by atoms with van der Waals surface area (Å²) in [4.78, 5) is 14.9. The predicted octanol–water partition coefficient (Wildman–Crippen LogP) is 5.66. The number of hydrazone groups is 1. The van der Waals surface area contributed by atoms with E-state index in [-0.39, 0.29) is 5.91 Å². The fourth-order valence-corrected chi connectivity index (χ4v) is 6.28. The minimum absolute atomic E-state index is 0.0862. The molecule has 30 heavy (non-hydrogen) atoms. The third kappa shape index (κ3) is 3.42. The molecule has 148 valence electrons. The summed E-state index contributed by atoms with van der Waals surface area (Å²) >= 11 is 3.22. The van der Waals surface area contributed by atoms with Crippen molar-refractivity contribution in [1.29, 1.82) is 0 Å². The maximum absolute atomic E-state index is 13.0. The number of rotatable bonds is 4. The number of amides is 1. The van der Waals surface area contributed by atoms with Crippen LogP contribution in [0.1, 0.15) is 5.56 Å². The van der Waals surface area contributed by atoms with Gasteiger partial charge in [-0.2, -0.15) is 5.10 Å². The van der Waals surface area contributed by atoms with E-state index in [0.717, 1.165) is 22.0 Å². The summed E-state index contributed by atoms with van der Waals surface area (Å²) in [5, 5.41) is 7.77. The van der Waals surface area contributed by atoms with Crippen LogP contribution >= 0.6 is 23.5 Å². The minimum atomic E-state index is -0.684. The molecule has 3 aromatic carbocycles. The zero-order chi connectivity index (χ0) is 20.4. The van der Waals surface area contributed by atoms with Crippen molar-refractivity contribution in [2.45, 2.75) is 4.33 Å². The average molecular weight is 430 g/mol. The molecule has 2 heterocycles. The first-order valence-corrected chi connectivity index (χ1v) is 11.4. The van der Waals surface area contributed by atoms with E-state index in [4.69, 9.17) is 5.10 Å². The lowest BCUT2D eigenvalue weighted by molar-refractivity contribution is -0.115. The molecule has 5 rings (SSSR count). The Labute approximate surface area is 184 Å². The molecule has 0 saturated carbocycles. The van der Waals surface area contributed by atoms with Crippen molar-refractivity contribution in [3.05, 3.63) is 103 Å². The van der Waals surface area contributed by atoms with Crippen LogP contribution in [0.3, 0.4) is 0 Å². The van der Waals surface area contributed by atoms with Gasteiger partial charge in [-0.3, -0.25) is 9.69 Å². The Morgan fingerprint density at radius 2 is 1.40 bits per heavy atom. The summed E-state index contributed by atoms with van der Waals surface area (Å²) in [6.07, 6.45) is 4.08. The molecule has 2 aliphatic rings. The number of hydrogen-bond acceptors (Lipinski definition) is 5. The molecule has 1 saturated heterocycles. The van der Waals surface area contributed by atoms with E-state index >= 15 is 0 Å². The molecule has 3 aromatic rings. The van der Waals surface area contributed by atoms with E-state index in [1.165, 1.54) is 0 Å². The number of thioether (sulfide) groups is 2. The van der Waals surface area contributed by atoms with Crippen LogP contribution in [0.25, 0.3) is 6.08 Å². The predicted molar refractivity (Wildman–Crippen MR) is 129 cm³/mol. The van der Waals surface area contributed by atoms with Crippen LogP contribution in [-0.2, 0) is 4.79 Å². The van der Waals surface area contributed by atoms with Crippen molar-refractivity contribution in [3.63, 3.8) is 0 Å². The van der Waals surface area contributed by atoms with Gasteiger partial charge in [0.05, 0.1) is 11.4 Å². The largest absolute Gasteiger partial charge is 0.273 e. The van der Waals surface area contributed by atoms with Gasteiger partial charge in [-0.1, -0.05) is 84.6 Å². The monoisotopic (exact) mass is 429 g/mol. The molecular formula is C24H19N3OS2. The third-order valence-corrected chi connectivity index (χ3v) is 7.63. The van der Waals surface area contributed by atoms with Crippen molar-refractivity contribution in [1.82, 2.24) is 0 Å². The Morgan fingerprint density at radius 1 is 0.800 bits per heavy atom. The second kappa shape index (κ2) is 8.05. The van der Waals surface area contributed by atoms with Gasteiger partial charge < -0.3 is 0 Å². The van der Waals surface area contributed by atoms with E-state index in [9.17, 15) is 4.79 Å². The zero-order valence-corrected chi connectivity index (χ0v) is 17.7. The van der Waals surface area contributed by atoms with Crippen LogP contribution in [0.2, 0.25) is 0 Å². The number of benzene rings is 3. The van der Waals surface area contributed by atoms with Gasteiger partial charge in [0.1, 0.15) is 5.04 Å². The van der Waals surface area contributed by atoms with Gasteiger partial charge in [-0.25, -0.2) is 5.01 Å². The van der Waals surface area contributed by atoms with E-state index in [1.807, 2.05) is 94.8 Å². The molecule has 4 nitrogen and oxygen atoms in total. The van der Waals surface area contributed by atoms with Crippen molar-refractivity contribution in [2.24, 2.45) is 5.10 Å². The fraction of sp³-hybridized carbons (Fsp3) is 0.0833. The molecule has 1 atom stereocenters. The highest BCUT2D eigenvalue weighted by molar-refractivity contribution is 8.27. The number of hydrogen-bond donors (Lipinski definition) is 0. The molecule has 0 radical (unpaired) electrons. The topological polar surface area (TPSA) is 35.9 Å². The van der Waals surface area contributed by atoms with Gasteiger partial charge >= 0.3 is 0 Å². The highest BCUT2D eigenvalue weighted by Gasteiger charge is 2.56.